The average Bonchev–Trinajstić information content (AvgIpc) is 3.76. The number of benzene rings is 4. The van der Waals surface area contributed by atoms with Crippen LogP contribution < -0.4 is 4.74 Å². The van der Waals surface area contributed by atoms with Gasteiger partial charge in [0.05, 0.1) is 28.1 Å². The molecule has 3 heterocycles. The minimum atomic E-state index is 0.629. The average molecular weight is 713 g/mol. The summed E-state index contributed by atoms with van der Waals surface area (Å²) < 4.78 is 11.2. The minimum absolute atomic E-state index is 0.629. The van der Waals surface area contributed by atoms with E-state index < -0.39 is 0 Å². The lowest BCUT2D eigenvalue weighted by atomic mass is 9.74. The second-order valence-corrected chi connectivity index (χ2v) is 15.7. The summed E-state index contributed by atoms with van der Waals surface area (Å²) in [4.78, 5) is 4.77. The van der Waals surface area contributed by atoms with E-state index in [-0.39, 0.29) is 0 Å². The van der Waals surface area contributed by atoms with E-state index in [0.717, 1.165) is 46.9 Å². The molecule has 5 heteroatoms. The van der Waals surface area contributed by atoms with Gasteiger partial charge < -0.3 is 4.74 Å². The minimum Gasteiger partial charge on any atom is -0.457 e. The summed E-state index contributed by atoms with van der Waals surface area (Å²) in [5, 5.41) is 7.82. The number of pyridine rings is 1. The topological polar surface area (TPSA) is 44.9 Å². The van der Waals surface area contributed by atoms with Crippen LogP contribution in [0.2, 0.25) is 0 Å². The molecule has 2 saturated carbocycles. The maximum absolute atomic E-state index is 6.70. The summed E-state index contributed by atoms with van der Waals surface area (Å²) in [5.41, 5.74) is 13.0. The monoisotopic (exact) mass is 712 g/mol. The molecule has 3 aromatic heterocycles. The van der Waals surface area contributed by atoms with Crippen molar-refractivity contribution in [2.45, 2.75) is 110 Å². The number of rotatable bonds is 9. The summed E-state index contributed by atoms with van der Waals surface area (Å²) in [5.74, 6) is 3.76. The van der Waals surface area contributed by atoms with E-state index in [1.54, 1.807) is 11.1 Å². The lowest BCUT2D eigenvalue weighted by molar-refractivity contribution is 0.436. The summed E-state index contributed by atoms with van der Waals surface area (Å²) in [6.07, 6.45) is 17.0. The third kappa shape index (κ3) is 6.32. The molecule has 5 nitrogen and oxygen atoms in total. The van der Waals surface area contributed by atoms with Crippen molar-refractivity contribution in [3.8, 4) is 34.1 Å². The third-order valence-corrected chi connectivity index (χ3v) is 12.3. The van der Waals surface area contributed by atoms with Crippen LogP contribution in [-0.4, -0.2) is 19.3 Å². The Balaban J connectivity index is 1.13. The van der Waals surface area contributed by atoms with Gasteiger partial charge in [-0.05, 0) is 122 Å². The van der Waals surface area contributed by atoms with Gasteiger partial charge in [-0.25, -0.2) is 9.67 Å². The van der Waals surface area contributed by atoms with Gasteiger partial charge in [-0.1, -0.05) is 94.8 Å². The molecule has 0 amide bonds. The Bertz CT molecular complexity index is 2400. The maximum Gasteiger partial charge on any atom is 0.137 e. The van der Waals surface area contributed by atoms with Gasteiger partial charge in [0.25, 0.3) is 0 Å². The number of para-hydroxylation sites is 1. The van der Waals surface area contributed by atoms with Crippen LogP contribution in [0.25, 0.3) is 44.4 Å². The first-order chi connectivity index (χ1) is 26.6. The van der Waals surface area contributed by atoms with E-state index in [2.05, 4.69) is 121 Å². The molecule has 54 heavy (non-hydrogen) atoms. The van der Waals surface area contributed by atoms with Crippen LogP contribution >= 0.6 is 0 Å². The van der Waals surface area contributed by atoms with Crippen LogP contribution in [0.5, 0.6) is 11.5 Å². The number of aromatic nitrogens is 4. The van der Waals surface area contributed by atoms with Gasteiger partial charge in [0.2, 0.25) is 0 Å². The van der Waals surface area contributed by atoms with Gasteiger partial charge in [-0.3, -0.25) is 4.57 Å². The zero-order valence-electron chi connectivity index (χ0n) is 32.2. The Hall–Kier alpha value is -5.16. The van der Waals surface area contributed by atoms with Gasteiger partial charge in [-0.15, -0.1) is 0 Å². The van der Waals surface area contributed by atoms with Crippen molar-refractivity contribution in [1.29, 1.82) is 0 Å². The normalized spacial score (nSPS) is 15.7. The SMILES string of the molecule is CCc1nn(-c2cccc(Oc3ccc4c5ccccc5n(-c5cc(C)ccn5)c4c3)c2)c(CC)c1-c1c(C2CCCCC2)cccc1C1CCCCC1. The maximum atomic E-state index is 6.70. The van der Waals surface area contributed by atoms with E-state index in [1.807, 2.05) is 12.3 Å². The van der Waals surface area contributed by atoms with Gasteiger partial charge in [-0.2, -0.15) is 5.10 Å². The highest BCUT2D eigenvalue weighted by atomic mass is 16.5. The zero-order chi connectivity index (χ0) is 36.6. The molecule has 0 aliphatic heterocycles. The van der Waals surface area contributed by atoms with E-state index in [0.29, 0.717) is 11.8 Å². The highest BCUT2D eigenvalue weighted by Gasteiger charge is 2.30. The summed E-state index contributed by atoms with van der Waals surface area (Å²) in [6, 6.07) is 35.0. The highest BCUT2D eigenvalue weighted by Crippen LogP contribution is 2.47. The van der Waals surface area contributed by atoms with E-state index in [9.17, 15) is 0 Å². The second kappa shape index (κ2) is 14.9. The fourth-order valence-electron chi connectivity index (χ4n) is 9.68. The van der Waals surface area contributed by atoms with E-state index in [4.69, 9.17) is 14.8 Å². The molecule has 0 saturated heterocycles. The Morgan fingerprint density at radius 3 is 2.02 bits per heavy atom. The molecule has 7 aromatic rings. The third-order valence-electron chi connectivity index (χ3n) is 12.3. The number of fused-ring (bicyclic) bond motifs is 3. The summed E-state index contributed by atoms with van der Waals surface area (Å²) >= 11 is 0. The second-order valence-electron chi connectivity index (χ2n) is 15.7. The molecule has 9 rings (SSSR count). The van der Waals surface area contributed by atoms with Crippen molar-refractivity contribution in [1.82, 2.24) is 19.3 Å². The lowest BCUT2D eigenvalue weighted by Gasteiger charge is -2.30. The predicted molar refractivity (Wildman–Crippen MR) is 223 cm³/mol. The fraction of sp³-hybridized carbons (Fsp3) is 0.347. The summed E-state index contributed by atoms with van der Waals surface area (Å²) in [7, 11) is 0. The molecule has 2 aliphatic carbocycles. The van der Waals surface area contributed by atoms with Crippen molar-refractivity contribution in [3.05, 3.63) is 131 Å². The Morgan fingerprint density at radius 1 is 0.630 bits per heavy atom. The molecule has 4 aromatic carbocycles. The molecule has 2 aliphatic rings. The van der Waals surface area contributed by atoms with Crippen molar-refractivity contribution < 1.29 is 4.74 Å². The van der Waals surface area contributed by atoms with E-state index in [1.165, 1.54) is 103 Å². The van der Waals surface area contributed by atoms with Crippen LogP contribution in [0.4, 0.5) is 0 Å². The molecule has 0 radical (unpaired) electrons. The Labute approximate surface area is 320 Å². The van der Waals surface area contributed by atoms with Crippen LogP contribution in [0, 0.1) is 6.92 Å². The Morgan fingerprint density at radius 2 is 1.31 bits per heavy atom. The molecule has 0 unspecified atom stereocenters. The molecular weight excluding hydrogens is 661 g/mol. The molecule has 0 bridgehead atoms. The van der Waals surface area contributed by atoms with Crippen LogP contribution in [0.3, 0.4) is 0 Å². The number of hydrogen-bond acceptors (Lipinski definition) is 3. The first kappa shape index (κ1) is 34.6. The zero-order valence-corrected chi connectivity index (χ0v) is 32.2. The van der Waals surface area contributed by atoms with E-state index >= 15 is 0 Å². The number of hydrogen-bond donors (Lipinski definition) is 0. The standard InChI is InChI=1S/C49H52N4O/c1-4-43-49(48-39(34-16-8-6-9-17-34)23-15-24-40(48)35-18-10-7-11-19-35)44(5-2)53(51-43)36-20-14-21-37(31-36)54-38-26-27-42-41-22-12-13-25-45(41)52(46(42)32-38)47-30-33(3)28-29-50-47/h12-15,20-32,34-35H,4-11,16-19H2,1-3H3. The first-order valence-electron chi connectivity index (χ1n) is 20.6. The molecule has 0 N–H and O–H groups in total. The largest absolute Gasteiger partial charge is 0.457 e. The van der Waals surface area contributed by atoms with Crippen molar-refractivity contribution in [3.63, 3.8) is 0 Å². The van der Waals surface area contributed by atoms with Crippen molar-refractivity contribution >= 4 is 21.8 Å². The number of nitrogens with zero attached hydrogens (tertiary/aromatic N) is 4. The highest BCUT2D eigenvalue weighted by molar-refractivity contribution is 6.09. The Kier molecular flexibility index (Phi) is 9.57. The molecule has 2 fully saturated rings. The van der Waals surface area contributed by atoms with Gasteiger partial charge in [0.15, 0.2) is 0 Å². The van der Waals surface area contributed by atoms with Gasteiger partial charge in [0.1, 0.15) is 17.3 Å². The van der Waals surface area contributed by atoms with Crippen LogP contribution in [0.15, 0.2) is 103 Å². The summed E-state index contributed by atoms with van der Waals surface area (Å²) in [6.45, 7) is 6.69. The lowest BCUT2D eigenvalue weighted by Crippen LogP contribution is -2.12. The molecule has 0 atom stereocenters. The van der Waals surface area contributed by atoms with Crippen molar-refractivity contribution in [2.75, 3.05) is 0 Å². The first-order valence-corrected chi connectivity index (χ1v) is 20.6. The van der Waals surface area contributed by atoms with Gasteiger partial charge in [0, 0.05) is 34.7 Å². The van der Waals surface area contributed by atoms with Crippen molar-refractivity contribution in [2.24, 2.45) is 0 Å². The number of aryl methyl sites for hydroxylation is 2. The van der Waals surface area contributed by atoms with Crippen LogP contribution in [0.1, 0.15) is 118 Å². The van der Waals surface area contributed by atoms with Gasteiger partial charge >= 0.3 is 0 Å². The number of ether oxygens (including phenoxy) is 1. The quantitative estimate of drug-likeness (QED) is 0.150. The fourth-order valence-corrected chi connectivity index (χ4v) is 9.68. The molecular formula is C49H52N4O. The van der Waals surface area contributed by atoms with Crippen LogP contribution in [-0.2, 0) is 12.8 Å². The predicted octanol–water partition coefficient (Wildman–Crippen LogP) is 13.4. The smallest absolute Gasteiger partial charge is 0.137 e. The molecule has 274 valence electrons. The molecule has 0 spiro atoms.